The van der Waals surface area contributed by atoms with Crippen molar-refractivity contribution >= 4 is 5.95 Å². The fourth-order valence-electron chi connectivity index (χ4n) is 3.68. The Balaban J connectivity index is 1.40. The number of nitrogens with zero attached hydrogens (tertiary/aromatic N) is 8. The molecule has 1 saturated heterocycles. The quantitative estimate of drug-likeness (QED) is 0.699. The highest BCUT2D eigenvalue weighted by Gasteiger charge is 2.28. The molecule has 9 nitrogen and oxygen atoms in total. The lowest BCUT2D eigenvalue weighted by atomic mass is 10.2. The summed E-state index contributed by atoms with van der Waals surface area (Å²) < 4.78 is 9.81. The summed E-state index contributed by atoms with van der Waals surface area (Å²) in [7, 11) is 0. The summed E-state index contributed by atoms with van der Waals surface area (Å²) >= 11 is 0. The predicted octanol–water partition coefficient (Wildman–Crippen LogP) is 1.17. The molecule has 0 aliphatic carbocycles. The van der Waals surface area contributed by atoms with Crippen molar-refractivity contribution in [1.82, 2.24) is 35.0 Å². The molecular formula is C17H20N8O. The summed E-state index contributed by atoms with van der Waals surface area (Å²) in [6, 6.07) is 9.96. The van der Waals surface area contributed by atoms with Gasteiger partial charge in [0.1, 0.15) is 11.9 Å². The van der Waals surface area contributed by atoms with Crippen molar-refractivity contribution in [1.29, 1.82) is 0 Å². The first-order valence-electron chi connectivity index (χ1n) is 9.02. The van der Waals surface area contributed by atoms with Crippen LogP contribution in [0.3, 0.4) is 0 Å². The van der Waals surface area contributed by atoms with Gasteiger partial charge < -0.3 is 14.2 Å². The largest absolute Gasteiger partial charge is 0.370 e. The van der Waals surface area contributed by atoms with Crippen LogP contribution in [0.2, 0.25) is 0 Å². The van der Waals surface area contributed by atoms with Gasteiger partial charge in [0.05, 0.1) is 5.69 Å². The number of benzene rings is 1. The van der Waals surface area contributed by atoms with E-state index in [4.69, 9.17) is 4.74 Å². The van der Waals surface area contributed by atoms with Crippen molar-refractivity contribution in [2.24, 2.45) is 0 Å². The van der Waals surface area contributed by atoms with Crippen molar-refractivity contribution in [3.8, 4) is 5.69 Å². The van der Waals surface area contributed by atoms with Crippen LogP contribution < -0.4 is 4.90 Å². The average molecular weight is 352 g/mol. The minimum Gasteiger partial charge on any atom is -0.370 e. The number of tetrazole rings is 1. The highest BCUT2D eigenvalue weighted by Crippen LogP contribution is 2.28. The molecule has 2 aliphatic rings. The van der Waals surface area contributed by atoms with Gasteiger partial charge in [0.25, 0.3) is 0 Å². The van der Waals surface area contributed by atoms with Gasteiger partial charge in [-0.3, -0.25) is 0 Å². The fraction of sp³-hybridized carbons (Fsp3) is 0.471. The van der Waals surface area contributed by atoms with Gasteiger partial charge >= 0.3 is 0 Å². The molecule has 4 heterocycles. The minimum atomic E-state index is 0.0810. The second-order valence-electron chi connectivity index (χ2n) is 6.59. The Morgan fingerprint density at radius 1 is 1.00 bits per heavy atom. The maximum atomic E-state index is 5.81. The molecule has 134 valence electrons. The molecule has 2 aliphatic heterocycles. The molecule has 1 atom stereocenters. The minimum absolute atomic E-state index is 0.0810. The molecule has 5 rings (SSSR count). The van der Waals surface area contributed by atoms with E-state index in [1.807, 2.05) is 30.3 Å². The Morgan fingerprint density at radius 3 is 2.77 bits per heavy atom. The molecule has 0 spiro atoms. The fourth-order valence-corrected chi connectivity index (χ4v) is 3.68. The lowest BCUT2D eigenvalue weighted by molar-refractivity contribution is 0.101. The van der Waals surface area contributed by atoms with E-state index in [9.17, 15) is 0 Å². The number of anilines is 1. The van der Waals surface area contributed by atoms with Crippen molar-refractivity contribution in [3.63, 3.8) is 0 Å². The molecule has 2 aromatic heterocycles. The number of hydrogen-bond acceptors (Lipinski definition) is 7. The van der Waals surface area contributed by atoms with Crippen molar-refractivity contribution in [3.05, 3.63) is 42.0 Å². The van der Waals surface area contributed by atoms with Crippen LogP contribution in [0.5, 0.6) is 0 Å². The van der Waals surface area contributed by atoms with E-state index in [0.29, 0.717) is 0 Å². The molecule has 9 heteroatoms. The topological polar surface area (TPSA) is 86.8 Å². The summed E-state index contributed by atoms with van der Waals surface area (Å²) in [6.07, 6.45) is 3.00. The van der Waals surface area contributed by atoms with Crippen molar-refractivity contribution < 1.29 is 4.74 Å². The molecule has 26 heavy (non-hydrogen) atoms. The van der Waals surface area contributed by atoms with E-state index >= 15 is 0 Å². The van der Waals surface area contributed by atoms with E-state index in [1.165, 1.54) is 0 Å². The first kappa shape index (κ1) is 15.4. The molecule has 0 bridgehead atoms. The third kappa shape index (κ3) is 2.64. The van der Waals surface area contributed by atoms with Crippen LogP contribution in [0.15, 0.2) is 30.3 Å². The molecule has 0 saturated carbocycles. The van der Waals surface area contributed by atoms with Crippen LogP contribution >= 0.6 is 0 Å². The van der Waals surface area contributed by atoms with Crippen LogP contribution in [0.25, 0.3) is 5.69 Å². The predicted molar refractivity (Wildman–Crippen MR) is 93.0 cm³/mol. The monoisotopic (exact) mass is 352 g/mol. The van der Waals surface area contributed by atoms with Gasteiger partial charge in [-0.2, -0.15) is 4.68 Å². The third-order valence-corrected chi connectivity index (χ3v) is 5.01. The van der Waals surface area contributed by atoms with Gasteiger partial charge in [-0.05, 0) is 35.4 Å². The second kappa shape index (κ2) is 6.49. The number of fused-ring (bicyclic) bond motifs is 1. The third-order valence-electron chi connectivity index (χ3n) is 5.01. The van der Waals surface area contributed by atoms with E-state index in [1.54, 1.807) is 4.68 Å². The first-order chi connectivity index (χ1) is 12.9. The number of aromatic nitrogens is 7. The molecule has 0 amide bonds. The Hall–Kier alpha value is -2.81. The van der Waals surface area contributed by atoms with Gasteiger partial charge in [-0.15, -0.1) is 10.2 Å². The summed E-state index contributed by atoms with van der Waals surface area (Å²) in [6.45, 7) is 3.22. The van der Waals surface area contributed by atoms with Crippen LogP contribution in [-0.4, -0.2) is 54.7 Å². The Bertz CT molecular complexity index is 883. The maximum absolute atomic E-state index is 5.81. The molecular weight excluding hydrogens is 332 g/mol. The lowest BCUT2D eigenvalue weighted by Gasteiger charge is -2.20. The van der Waals surface area contributed by atoms with E-state index in [2.05, 4.69) is 35.2 Å². The zero-order valence-corrected chi connectivity index (χ0v) is 14.4. The molecule has 3 aromatic rings. The van der Waals surface area contributed by atoms with Gasteiger partial charge in [0, 0.05) is 32.7 Å². The van der Waals surface area contributed by atoms with E-state index < -0.39 is 0 Å². The second-order valence-corrected chi connectivity index (χ2v) is 6.59. The van der Waals surface area contributed by atoms with Crippen LogP contribution in [-0.2, 0) is 17.7 Å². The van der Waals surface area contributed by atoms with Gasteiger partial charge in [0.2, 0.25) is 5.95 Å². The zero-order valence-electron chi connectivity index (χ0n) is 14.4. The summed E-state index contributed by atoms with van der Waals surface area (Å²) in [5.41, 5.74) is 0.955. The molecule has 1 fully saturated rings. The molecule has 1 aromatic carbocycles. The van der Waals surface area contributed by atoms with Crippen molar-refractivity contribution in [2.45, 2.75) is 31.9 Å². The normalized spacial score (nSPS) is 20.2. The summed E-state index contributed by atoms with van der Waals surface area (Å²) in [5, 5.41) is 21.1. The zero-order chi connectivity index (χ0) is 17.3. The number of hydrogen-bond donors (Lipinski definition) is 0. The van der Waals surface area contributed by atoms with Crippen LogP contribution in [0, 0.1) is 0 Å². The van der Waals surface area contributed by atoms with Gasteiger partial charge in [-0.25, -0.2) is 0 Å². The van der Waals surface area contributed by atoms with Crippen molar-refractivity contribution in [2.75, 3.05) is 24.6 Å². The lowest BCUT2D eigenvalue weighted by Crippen LogP contribution is -2.29. The Morgan fingerprint density at radius 2 is 1.92 bits per heavy atom. The highest BCUT2D eigenvalue weighted by molar-refractivity contribution is 5.40. The number of ether oxygens (including phenoxy) is 1. The summed E-state index contributed by atoms with van der Waals surface area (Å²) in [4.78, 5) is 2.21. The standard InChI is InChI=1S/C17H20N8O/c1-2-5-13(6-3-1)25-17(20-21-22-25)23-9-8-15-18-19-16(24(15)11-10-23)14-7-4-12-26-14/h1-3,5-6,14H,4,7-12H2/t14-/m1/s1. The molecule has 0 unspecified atom stereocenters. The molecule has 0 radical (unpaired) electrons. The number of rotatable bonds is 3. The molecule has 0 N–H and O–H groups in total. The van der Waals surface area contributed by atoms with E-state index in [0.717, 1.165) is 68.8 Å². The highest BCUT2D eigenvalue weighted by atomic mass is 16.5. The van der Waals surface area contributed by atoms with E-state index in [-0.39, 0.29) is 6.10 Å². The SMILES string of the molecule is c1ccc(-n2nnnc2N2CCc3nnc([C@H]4CCCO4)n3CC2)cc1. The summed E-state index contributed by atoms with van der Waals surface area (Å²) in [5.74, 6) is 2.73. The van der Waals surface area contributed by atoms with Gasteiger partial charge in [-0.1, -0.05) is 23.3 Å². The average Bonchev–Trinajstić information content (AvgIpc) is 3.41. The Labute approximate surface area is 150 Å². The first-order valence-corrected chi connectivity index (χ1v) is 9.02. The van der Waals surface area contributed by atoms with Gasteiger partial charge in [0.15, 0.2) is 5.82 Å². The Kier molecular flexibility index (Phi) is 3.85. The van der Waals surface area contributed by atoms with Crippen LogP contribution in [0.4, 0.5) is 5.95 Å². The number of para-hydroxylation sites is 1. The smallest absolute Gasteiger partial charge is 0.250 e. The maximum Gasteiger partial charge on any atom is 0.250 e. The van der Waals surface area contributed by atoms with Crippen LogP contribution in [0.1, 0.15) is 30.6 Å².